The average Bonchev–Trinajstić information content (AvgIpc) is 2.58. The van der Waals surface area contributed by atoms with Crippen molar-refractivity contribution in [1.29, 1.82) is 0 Å². The fourth-order valence-corrected chi connectivity index (χ4v) is 3.15. The van der Waals surface area contributed by atoms with Gasteiger partial charge in [0.2, 0.25) is 5.91 Å². The van der Waals surface area contributed by atoms with Gasteiger partial charge in [-0.3, -0.25) is 9.59 Å². The number of nitrogens with one attached hydrogen (secondary N) is 2. The Morgan fingerprint density at radius 3 is 2.48 bits per heavy atom. The quantitative estimate of drug-likeness (QED) is 0.612. The first-order chi connectivity index (χ1) is 12.6. The van der Waals surface area contributed by atoms with E-state index in [1.165, 1.54) is 12.1 Å². The summed E-state index contributed by atoms with van der Waals surface area (Å²) < 4.78 is 13.8. The van der Waals surface area contributed by atoms with E-state index in [2.05, 4.69) is 26.6 Å². The molecule has 2 aromatic rings. The van der Waals surface area contributed by atoms with E-state index < -0.39 is 17.3 Å². The largest absolute Gasteiger partial charge is 0.351 e. The predicted molar refractivity (Wildman–Crippen MR) is 109 cm³/mol. The second-order valence-corrected chi connectivity index (χ2v) is 8.10. The molecule has 144 valence electrons. The van der Waals surface area contributed by atoms with Crippen LogP contribution >= 0.6 is 39.1 Å². The molecule has 0 saturated carbocycles. The first-order valence-corrected chi connectivity index (χ1v) is 9.65. The molecule has 2 N–H and O–H groups in total. The Balaban J connectivity index is 1.90. The minimum atomic E-state index is -0.666. The predicted octanol–water partition coefficient (Wildman–Crippen LogP) is 5.07. The van der Waals surface area contributed by atoms with Crippen molar-refractivity contribution >= 4 is 50.9 Å². The summed E-state index contributed by atoms with van der Waals surface area (Å²) in [6, 6.07) is 9.00. The Morgan fingerprint density at radius 1 is 1.11 bits per heavy atom. The lowest BCUT2D eigenvalue weighted by Gasteiger charge is -2.27. The van der Waals surface area contributed by atoms with Crippen LogP contribution < -0.4 is 10.6 Å². The van der Waals surface area contributed by atoms with Crippen LogP contribution in [0.1, 0.15) is 36.2 Å². The summed E-state index contributed by atoms with van der Waals surface area (Å²) in [5.74, 6) is -1.22. The smallest absolute Gasteiger partial charge is 0.252 e. The number of carbonyl (C=O) groups excluding carboxylic acids is 2. The average molecular weight is 476 g/mol. The lowest BCUT2D eigenvalue weighted by Crippen LogP contribution is -2.42. The molecular formula is C19H18BrCl2FN2O2. The van der Waals surface area contributed by atoms with Crippen molar-refractivity contribution in [1.82, 2.24) is 10.6 Å². The van der Waals surface area contributed by atoms with E-state index in [0.717, 1.165) is 11.6 Å². The van der Waals surface area contributed by atoms with Gasteiger partial charge in [-0.2, -0.15) is 0 Å². The highest BCUT2D eigenvalue weighted by Gasteiger charge is 2.23. The lowest BCUT2D eigenvalue weighted by atomic mass is 9.94. The summed E-state index contributed by atoms with van der Waals surface area (Å²) in [6.07, 6.45) is 0.0728. The molecule has 2 rings (SSSR count). The van der Waals surface area contributed by atoms with Crippen LogP contribution in [0, 0.1) is 5.82 Å². The van der Waals surface area contributed by atoms with Crippen molar-refractivity contribution in [3.8, 4) is 0 Å². The van der Waals surface area contributed by atoms with Gasteiger partial charge < -0.3 is 10.6 Å². The molecule has 0 radical (unpaired) electrons. The maximum Gasteiger partial charge on any atom is 0.252 e. The number of rotatable bonds is 6. The second-order valence-electron chi connectivity index (χ2n) is 6.43. The molecule has 2 aromatic carbocycles. The van der Waals surface area contributed by atoms with Gasteiger partial charge in [-0.05, 0) is 65.7 Å². The van der Waals surface area contributed by atoms with Gasteiger partial charge in [0.25, 0.3) is 5.91 Å². The molecule has 4 nitrogen and oxygen atoms in total. The first kappa shape index (κ1) is 21.7. The summed E-state index contributed by atoms with van der Waals surface area (Å²) in [5.41, 5.74) is 0.311. The first-order valence-electron chi connectivity index (χ1n) is 8.10. The Bertz CT molecular complexity index is 875. The summed E-state index contributed by atoms with van der Waals surface area (Å²) in [6.45, 7) is 3.80. The van der Waals surface area contributed by atoms with Gasteiger partial charge in [0.05, 0.1) is 21.1 Å². The third-order valence-electron chi connectivity index (χ3n) is 3.90. The lowest BCUT2D eigenvalue weighted by molar-refractivity contribution is -0.122. The Labute approximate surface area is 175 Å². The number of hydrogen-bond donors (Lipinski definition) is 2. The Hall–Kier alpha value is -1.63. The van der Waals surface area contributed by atoms with Crippen molar-refractivity contribution < 1.29 is 14.0 Å². The fraction of sp³-hybridized carbons (Fsp3) is 0.263. The molecule has 0 atom stereocenters. The van der Waals surface area contributed by atoms with Crippen LogP contribution in [0.3, 0.4) is 0 Å². The van der Waals surface area contributed by atoms with Crippen molar-refractivity contribution in [2.24, 2.45) is 0 Å². The highest BCUT2D eigenvalue weighted by atomic mass is 79.9. The molecule has 2 amide bonds. The van der Waals surface area contributed by atoms with Gasteiger partial charge in [0.15, 0.2) is 0 Å². The van der Waals surface area contributed by atoms with Crippen molar-refractivity contribution in [2.75, 3.05) is 6.54 Å². The molecule has 0 bridgehead atoms. The van der Waals surface area contributed by atoms with Gasteiger partial charge >= 0.3 is 0 Å². The zero-order valence-corrected chi connectivity index (χ0v) is 17.8. The van der Waals surface area contributed by atoms with Crippen LogP contribution in [-0.2, 0) is 10.3 Å². The third kappa shape index (κ3) is 5.92. The zero-order valence-electron chi connectivity index (χ0n) is 14.7. The summed E-state index contributed by atoms with van der Waals surface area (Å²) in [7, 11) is 0. The van der Waals surface area contributed by atoms with E-state index in [0.29, 0.717) is 14.5 Å². The van der Waals surface area contributed by atoms with Crippen molar-refractivity contribution in [2.45, 2.75) is 25.8 Å². The minimum absolute atomic E-state index is 0.0728. The topological polar surface area (TPSA) is 58.2 Å². The van der Waals surface area contributed by atoms with E-state index >= 15 is 0 Å². The van der Waals surface area contributed by atoms with Crippen LogP contribution in [0.5, 0.6) is 0 Å². The highest BCUT2D eigenvalue weighted by molar-refractivity contribution is 9.10. The van der Waals surface area contributed by atoms with Gasteiger partial charge in [0, 0.05) is 17.4 Å². The SMILES string of the molecule is CC(C)(NC(=O)CCNC(=O)c1cc(F)ccc1Br)c1ccc(Cl)c(Cl)c1. The Morgan fingerprint density at radius 2 is 1.81 bits per heavy atom. The van der Waals surface area contributed by atoms with E-state index in [4.69, 9.17) is 23.2 Å². The van der Waals surface area contributed by atoms with Crippen LogP contribution in [0.4, 0.5) is 4.39 Å². The Kier molecular flexibility index (Phi) is 7.25. The molecule has 8 heteroatoms. The van der Waals surface area contributed by atoms with Gasteiger partial charge in [0.1, 0.15) is 5.82 Å². The molecule has 0 aliphatic rings. The van der Waals surface area contributed by atoms with E-state index in [1.54, 1.807) is 18.2 Å². The van der Waals surface area contributed by atoms with Crippen LogP contribution in [0.2, 0.25) is 10.0 Å². The number of carbonyl (C=O) groups is 2. The van der Waals surface area contributed by atoms with Gasteiger partial charge in [-0.1, -0.05) is 29.3 Å². The van der Waals surface area contributed by atoms with E-state index in [1.807, 2.05) is 13.8 Å². The van der Waals surface area contributed by atoms with E-state index in [9.17, 15) is 14.0 Å². The highest BCUT2D eigenvalue weighted by Crippen LogP contribution is 2.28. The molecule has 0 unspecified atom stereocenters. The number of benzene rings is 2. The standard InChI is InChI=1S/C19H18BrCl2FN2O2/c1-19(2,11-3-6-15(21)16(22)9-11)25-17(26)7-8-24-18(27)13-10-12(23)4-5-14(13)20/h3-6,9-10H,7-8H2,1-2H3,(H,24,27)(H,25,26). The maximum absolute atomic E-state index is 13.3. The van der Waals surface area contributed by atoms with Gasteiger partial charge in [-0.15, -0.1) is 0 Å². The van der Waals surface area contributed by atoms with Crippen LogP contribution in [0.15, 0.2) is 40.9 Å². The molecule has 27 heavy (non-hydrogen) atoms. The monoisotopic (exact) mass is 474 g/mol. The third-order valence-corrected chi connectivity index (χ3v) is 5.33. The van der Waals surface area contributed by atoms with Crippen molar-refractivity contribution in [3.63, 3.8) is 0 Å². The minimum Gasteiger partial charge on any atom is -0.351 e. The molecule has 0 saturated heterocycles. The molecule has 0 aromatic heterocycles. The van der Waals surface area contributed by atoms with Crippen molar-refractivity contribution in [3.05, 3.63) is 67.9 Å². The number of hydrogen-bond acceptors (Lipinski definition) is 2. The summed E-state index contributed by atoms with van der Waals surface area (Å²) in [5, 5.41) is 6.34. The maximum atomic E-state index is 13.3. The normalized spacial score (nSPS) is 11.2. The van der Waals surface area contributed by atoms with E-state index in [-0.39, 0.29) is 24.4 Å². The number of amides is 2. The molecule has 0 fully saturated rings. The van der Waals surface area contributed by atoms with Gasteiger partial charge in [-0.25, -0.2) is 4.39 Å². The zero-order chi connectivity index (χ0) is 20.2. The molecule has 0 spiro atoms. The fourth-order valence-electron chi connectivity index (χ4n) is 2.42. The molecule has 0 aliphatic carbocycles. The summed E-state index contributed by atoms with van der Waals surface area (Å²) in [4.78, 5) is 24.3. The number of halogens is 4. The molecule has 0 heterocycles. The molecule has 0 aliphatic heterocycles. The second kappa shape index (κ2) is 9.04. The van der Waals surface area contributed by atoms with Crippen LogP contribution in [-0.4, -0.2) is 18.4 Å². The van der Waals surface area contributed by atoms with Crippen LogP contribution in [0.25, 0.3) is 0 Å². The molecular weight excluding hydrogens is 458 g/mol. The summed E-state index contributed by atoms with van der Waals surface area (Å²) >= 11 is 15.2.